The van der Waals surface area contributed by atoms with E-state index >= 15 is 0 Å². The van der Waals surface area contributed by atoms with Gasteiger partial charge in [-0.25, -0.2) is 0 Å². The molecule has 2 heterocycles. The Morgan fingerprint density at radius 1 is 1.38 bits per heavy atom. The van der Waals surface area contributed by atoms with E-state index in [0.717, 1.165) is 45.4 Å². The number of likely N-dealkylation sites (tertiary alicyclic amines) is 1. The number of aldehydes is 1. The Bertz CT molecular complexity index is 178. The maximum atomic E-state index is 10.7. The van der Waals surface area contributed by atoms with Gasteiger partial charge in [0.05, 0.1) is 6.61 Å². The van der Waals surface area contributed by atoms with E-state index in [0.29, 0.717) is 6.04 Å². The van der Waals surface area contributed by atoms with Crippen LogP contribution in [0.25, 0.3) is 0 Å². The Morgan fingerprint density at radius 2 is 2.31 bits per heavy atom. The van der Waals surface area contributed by atoms with Crippen molar-refractivity contribution >= 4 is 6.29 Å². The van der Waals surface area contributed by atoms with Crippen LogP contribution in [0.3, 0.4) is 0 Å². The fraction of sp³-hybridized carbons (Fsp3) is 0.900. The predicted molar refractivity (Wildman–Crippen MR) is 49.6 cm³/mol. The summed E-state index contributed by atoms with van der Waals surface area (Å²) >= 11 is 0. The molecular weight excluding hydrogens is 166 g/mol. The van der Waals surface area contributed by atoms with Gasteiger partial charge in [-0.05, 0) is 25.8 Å². The van der Waals surface area contributed by atoms with E-state index in [-0.39, 0.29) is 5.92 Å². The summed E-state index contributed by atoms with van der Waals surface area (Å²) in [6.07, 6.45) is 4.50. The van der Waals surface area contributed by atoms with E-state index in [1.54, 1.807) is 0 Å². The molecule has 2 unspecified atom stereocenters. The molecule has 2 aliphatic rings. The van der Waals surface area contributed by atoms with Gasteiger partial charge in [0, 0.05) is 25.1 Å². The van der Waals surface area contributed by atoms with E-state index in [9.17, 15) is 4.79 Å². The smallest absolute Gasteiger partial charge is 0.124 e. The van der Waals surface area contributed by atoms with Gasteiger partial charge in [-0.15, -0.1) is 0 Å². The lowest BCUT2D eigenvalue weighted by molar-refractivity contribution is -0.112. The van der Waals surface area contributed by atoms with E-state index in [2.05, 4.69) is 4.90 Å². The summed E-state index contributed by atoms with van der Waals surface area (Å²) in [6.45, 7) is 3.87. The highest BCUT2D eigenvalue weighted by molar-refractivity contribution is 5.53. The largest absolute Gasteiger partial charge is 0.380 e. The fourth-order valence-electron chi connectivity index (χ4n) is 2.29. The number of carbonyl (C=O) groups excluding carboxylic acids is 1. The third-order valence-corrected chi connectivity index (χ3v) is 3.10. The zero-order valence-electron chi connectivity index (χ0n) is 7.95. The molecule has 3 nitrogen and oxygen atoms in total. The predicted octanol–water partition coefficient (Wildman–Crippen LogP) is 0.686. The lowest BCUT2D eigenvalue weighted by Gasteiger charge is -2.34. The Hall–Kier alpha value is -0.410. The number of nitrogens with zero attached hydrogens (tertiary/aromatic N) is 1. The molecule has 2 rings (SSSR count). The van der Waals surface area contributed by atoms with Crippen LogP contribution in [0.5, 0.6) is 0 Å². The normalized spacial score (nSPS) is 36.3. The molecule has 74 valence electrons. The van der Waals surface area contributed by atoms with Gasteiger partial charge in [-0.1, -0.05) is 0 Å². The number of hydrogen-bond acceptors (Lipinski definition) is 3. The first-order valence-corrected chi connectivity index (χ1v) is 5.17. The molecule has 0 amide bonds. The average molecular weight is 183 g/mol. The molecular formula is C10H17NO2. The summed E-state index contributed by atoms with van der Waals surface area (Å²) in [5.74, 6) is 0.273. The topological polar surface area (TPSA) is 29.5 Å². The number of carbonyl (C=O) groups is 1. The maximum absolute atomic E-state index is 10.7. The SMILES string of the molecule is O=CC1CCCN(C2CCOC2)C1. The van der Waals surface area contributed by atoms with Gasteiger partial charge < -0.3 is 9.53 Å². The molecule has 2 aliphatic heterocycles. The van der Waals surface area contributed by atoms with Gasteiger partial charge in [0.25, 0.3) is 0 Å². The molecule has 0 N–H and O–H groups in total. The highest BCUT2D eigenvalue weighted by Gasteiger charge is 2.27. The molecule has 0 spiro atoms. The first kappa shape index (κ1) is 9.16. The second-order valence-electron chi connectivity index (χ2n) is 4.05. The summed E-state index contributed by atoms with van der Waals surface area (Å²) in [5.41, 5.74) is 0. The lowest BCUT2D eigenvalue weighted by atomic mass is 9.98. The molecule has 0 aromatic rings. The number of rotatable bonds is 2. The van der Waals surface area contributed by atoms with E-state index < -0.39 is 0 Å². The van der Waals surface area contributed by atoms with Gasteiger partial charge in [0.2, 0.25) is 0 Å². The van der Waals surface area contributed by atoms with Crippen molar-refractivity contribution in [1.29, 1.82) is 0 Å². The summed E-state index contributed by atoms with van der Waals surface area (Å²) in [7, 11) is 0. The zero-order valence-corrected chi connectivity index (χ0v) is 7.95. The van der Waals surface area contributed by atoms with Crippen LogP contribution in [0, 0.1) is 5.92 Å². The molecule has 2 atom stereocenters. The highest BCUT2D eigenvalue weighted by atomic mass is 16.5. The first-order valence-electron chi connectivity index (χ1n) is 5.17. The van der Waals surface area contributed by atoms with Crippen molar-refractivity contribution < 1.29 is 9.53 Å². The van der Waals surface area contributed by atoms with Crippen LogP contribution in [-0.2, 0) is 9.53 Å². The molecule has 2 saturated heterocycles. The summed E-state index contributed by atoms with van der Waals surface area (Å²) in [4.78, 5) is 13.1. The molecule has 2 fully saturated rings. The van der Waals surface area contributed by atoms with Crippen LogP contribution < -0.4 is 0 Å². The third-order valence-electron chi connectivity index (χ3n) is 3.10. The second-order valence-corrected chi connectivity index (χ2v) is 4.05. The zero-order chi connectivity index (χ0) is 9.10. The van der Waals surface area contributed by atoms with Crippen LogP contribution in [-0.4, -0.2) is 43.5 Å². The highest BCUT2D eigenvalue weighted by Crippen LogP contribution is 2.20. The molecule has 0 bridgehead atoms. The quantitative estimate of drug-likeness (QED) is 0.590. The van der Waals surface area contributed by atoms with Gasteiger partial charge >= 0.3 is 0 Å². The van der Waals surface area contributed by atoms with Crippen molar-refractivity contribution in [2.75, 3.05) is 26.3 Å². The lowest BCUT2D eigenvalue weighted by Crippen LogP contribution is -2.43. The maximum Gasteiger partial charge on any atom is 0.124 e. The van der Waals surface area contributed by atoms with Crippen molar-refractivity contribution in [2.24, 2.45) is 5.92 Å². The standard InChI is InChI=1S/C10H17NO2/c12-7-9-2-1-4-11(6-9)10-3-5-13-8-10/h7,9-10H,1-6,8H2. The molecule has 0 aliphatic carbocycles. The molecule has 3 heteroatoms. The minimum absolute atomic E-state index is 0.273. The van der Waals surface area contributed by atoms with Crippen molar-refractivity contribution in [3.8, 4) is 0 Å². The van der Waals surface area contributed by atoms with Gasteiger partial charge in [0.1, 0.15) is 6.29 Å². The van der Waals surface area contributed by atoms with Gasteiger partial charge in [-0.3, -0.25) is 4.90 Å². The van der Waals surface area contributed by atoms with E-state index in [4.69, 9.17) is 4.74 Å². The molecule has 0 aromatic heterocycles. The van der Waals surface area contributed by atoms with Gasteiger partial charge in [0.15, 0.2) is 0 Å². The summed E-state index contributed by atoms with van der Waals surface area (Å²) in [5, 5.41) is 0. The molecule has 0 aromatic carbocycles. The van der Waals surface area contributed by atoms with Crippen molar-refractivity contribution in [1.82, 2.24) is 4.90 Å². The van der Waals surface area contributed by atoms with Crippen molar-refractivity contribution in [3.05, 3.63) is 0 Å². The van der Waals surface area contributed by atoms with Crippen LogP contribution in [0.15, 0.2) is 0 Å². The number of ether oxygens (including phenoxy) is 1. The fourth-order valence-corrected chi connectivity index (χ4v) is 2.29. The second kappa shape index (κ2) is 4.20. The average Bonchev–Trinajstić information content (AvgIpc) is 2.71. The van der Waals surface area contributed by atoms with Crippen molar-refractivity contribution in [2.45, 2.75) is 25.3 Å². The summed E-state index contributed by atoms with van der Waals surface area (Å²) < 4.78 is 5.35. The van der Waals surface area contributed by atoms with Gasteiger partial charge in [-0.2, -0.15) is 0 Å². The van der Waals surface area contributed by atoms with E-state index in [1.807, 2.05) is 0 Å². The third kappa shape index (κ3) is 2.09. The summed E-state index contributed by atoms with van der Waals surface area (Å²) in [6, 6.07) is 0.586. The van der Waals surface area contributed by atoms with Crippen LogP contribution in [0.2, 0.25) is 0 Å². The first-order chi connectivity index (χ1) is 6.40. The minimum atomic E-state index is 0.273. The van der Waals surface area contributed by atoms with Crippen LogP contribution in [0.1, 0.15) is 19.3 Å². The molecule has 13 heavy (non-hydrogen) atoms. The Morgan fingerprint density at radius 3 is 3.00 bits per heavy atom. The Labute approximate surface area is 79.0 Å². The van der Waals surface area contributed by atoms with Crippen molar-refractivity contribution in [3.63, 3.8) is 0 Å². The monoisotopic (exact) mass is 183 g/mol. The van der Waals surface area contributed by atoms with Crippen LogP contribution in [0.4, 0.5) is 0 Å². The Kier molecular flexibility index (Phi) is 2.96. The molecule has 0 saturated carbocycles. The number of piperidine rings is 1. The minimum Gasteiger partial charge on any atom is -0.380 e. The Balaban J connectivity index is 1.87. The molecule has 0 radical (unpaired) electrons. The van der Waals surface area contributed by atoms with E-state index in [1.165, 1.54) is 6.42 Å². The van der Waals surface area contributed by atoms with Crippen LogP contribution >= 0.6 is 0 Å². The number of hydrogen-bond donors (Lipinski definition) is 0.